The quantitative estimate of drug-likeness (QED) is 0.153. The highest BCUT2D eigenvalue weighted by Gasteiger charge is 2.30. The molecule has 5 aromatic heterocycles. The summed E-state index contributed by atoms with van der Waals surface area (Å²) in [6.45, 7) is 82.5. The van der Waals surface area contributed by atoms with Crippen molar-refractivity contribution in [1.29, 1.82) is 0 Å². The minimum absolute atomic E-state index is 1.28. The lowest BCUT2D eigenvalue weighted by Gasteiger charge is -2.20. The van der Waals surface area contributed by atoms with Crippen molar-refractivity contribution in [3.63, 3.8) is 0 Å². The van der Waals surface area contributed by atoms with E-state index in [9.17, 15) is 0 Å². The van der Waals surface area contributed by atoms with E-state index < -0.39 is 0 Å². The monoisotopic (exact) mass is 1370 g/mol. The van der Waals surface area contributed by atoms with Crippen LogP contribution in [-0.4, -0.2) is 0 Å². The second-order valence-corrected chi connectivity index (χ2v) is 31.3. The third kappa shape index (κ3) is 15.5. The van der Waals surface area contributed by atoms with Crippen LogP contribution in [0.4, 0.5) is 0 Å². The summed E-state index contributed by atoms with van der Waals surface area (Å²) < 4.78 is 11.6. The van der Waals surface area contributed by atoms with E-state index in [2.05, 4.69) is 363 Å². The fourth-order valence-corrected chi connectivity index (χ4v) is 16.0. The number of rotatable bonds is 5. The van der Waals surface area contributed by atoms with Gasteiger partial charge in [0.25, 0.3) is 0 Å². The van der Waals surface area contributed by atoms with Gasteiger partial charge < -0.3 is 0 Å². The predicted octanol–water partition coefficient (Wildman–Crippen LogP) is 22.3. The summed E-state index contributed by atoms with van der Waals surface area (Å²) in [5.41, 5.74) is 65.3. The number of hydrogen-bond donors (Lipinski definition) is 0. The third-order valence-corrected chi connectivity index (χ3v) is 26.0. The summed E-state index contributed by atoms with van der Waals surface area (Å²) in [5.74, 6) is 0. The molecule has 0 amide bonds. The van der Waals surface area contributed by atoms with Crippen LogP contribution >= 0.6 is 0 Å². The summed E-state index contributed by atoms with van der Waals surface area (Å²) in [5, 5.41) is 0. The molecule has 10 aromatic rings. The molecule has 0 spiro atoms. The van der Waals surface area contributed by atoms with Crippen molar-refractivity contribution in [3.8, 4) is 56.3 Å². The first-order valence-corrected chi connectivity index (χ1v) is 37.3. The molecule has 10 rings (SSSR count). The minimum atomic E-state index is 1.28. The van der Waals surface area contributed by atoms with Gasteiger partial charge >= 0.3 is 0 Å². The van der Waals surface area contributed by atoms with Crippen LogP contribution in [0, 0.1) is 256 Å². The van der Waals surface area contributed by atoms with Crippen LogP contribution in [0.15, 0.2) is 48.8 Å². The van der Waals surface area contributed by atoms with Crippen molar-refractivity contribution >= 4 is 0 Å². The molecule has 5 heteroatoms. The molecule has 0 aliphatic rings. The van der Waals surface area contributed by atoms with E-state index in [-0.39, 0.29) is 0 Å². The van der Waals surface area contributed by atoms with Crippen molar-refractivity contribution in [3.05, 3.63) is 255 Å². The first-order chi connectivity index (χ1) is 47.1. The van der Waals surface area contributed by atoms with E-state index in [1.165, 1.54) is 263 Å². The topological polar surface area (TPSA) is 19.4 Å². The molecule has 5 heterocycles. The Morgan fingerprint density at radius 3 is 0.863 bits per heavy atom. The molecule has 0 aliphatic carbocycles. The van der Waals surface area contributed by atoms with E-state index in [4.69, 9.17) is 0 Å². The van der Waals surface area contributed by atoms with Gasteiger partial charge in [-0.15, -0.1) is 0 Å². The molecule has 102 heavy (non-hydrogen) atoms. The predicted molar refractivity (Wildman–Crippen MR) is 441 cm³/mol. The van der Waals surface area contributed by atoms with Gasteiger partial charge in [-0.1, -0.05) is 12.1 Å². The number of nitrogens with zero attached hydrogens (tertiary/aromatic N) is 5. The van der Waals surface area contributed by atoms with Crippen LogP contribution < -0.4 is 22.8 Å². The van der Waals surface area contributed by atoms with Crippen molar-refractivity contribution < 1.29 is 22.8 Å². The highest BCUT2D eigenvalue weighted by Crippen LogP contribution is 2.39. The maximum atomic E-state index is 2.38. The smallest absolute Gasteiger partial charge is 0.201 e. The molecule has 5 nitrogen and oxygen atoms in total. The number of aryl methyl sites for hydroxylation is 10. The second kappa shape index (κ2) is 32.2. The summed E-state index contributed by atoms with van der Waals surface area (Å²) in [4.78, 5) is 0. The minimum Gasteiger partial charge on any atom is -0.201 e. The molecule has 0 aliphatic heterocycles. The van der Waals surface area contributed by atoms with E-state index in [1.807, 2.05) is 0 Å². The molecule has 5 aromatic carbocycles. The molecule has 0 bridgehead atoms. The van der Waals surface area contributed by atoms with Crippen LogP contribution in [0.3, 0.4) is 0 Å². The maximum Gasteiger partial charge on any atom is 0.216 e. The fraction of sp³-hybridized carbons (Fsp3) is 0.433. The van der Waals surface area contributed by atoms with Crippen LogP contribution in [0.2, 0.25) is 0 Å². The Balaban J connectivity index is 0.000000201. The lowest BCUT2D eigenvalue weighted by Crippen LogP contribution is -2.37. The summed E-state index contributed by atoms with van der Waals surface area (Å²) in [7, 11) is 10.9. The summed E-state index contributed by atoms with van der Waals surface area (Å²) >= 11 is 0. The van der Waals surface area contributed by atoms with Crippen molar-refractivity contribution in [2.75, 3.05) is 0 Å². The lowest BCUT2D eigenvalue weighted by molar-refractivity contribution is -0.667. The third-order valence-electron chi connectivity index (χ3n) is 26.0. The fourth-order valence-electron chi connectivity index (χ4n) is 16.0. The van der Waals surface area contributed by atoms with E-state index in [0.717, 1.165) is 0 Å². The molecule has 0 saturated carbocycles. The van der Waals surface area contributed by atoms with Crippen molar-refractivity contribution in [2.45, 2.75) is 256 Å². The van der Waals surface area contributed by atoms with Gasteiger partial charge in [-0.2, -0.15) is 13.7 Å². The van der Waals surface area contributed by atoms with Crippen LogP contribution in [-0.2, 0) is 35.2 Å². The summed E-state index contributed by atoms with van der Waals surface area (Å²) in [6.07, 6.45) is 4.42. The molecule has 542 valence electrons. The Bertz CT molecular complexity index is 4760. The highest BCUT2D eigenvalue weighted by molar-refractivity contribution is 5.76. The normalized spacial score (nSPS) is 11.0. The van der Waals surface area contributed by atoms with Crippen LogP contribution in [0.25, 0.3) is 56.3 Å². The summed E-state index contributed by atoms with van der Waals surface area (Å²) in [6, 6.07) is 13.7. The van der Waals surface area contributed by atoms with E-state index >= 15 is 0 Å². The molecule has 0 N–H and O–H groups in total. The largest absolute Gasteiger partial charge is 0.216 e. The first-order valence-electron chi connectivity index (χ1n) is 37.3. The average Bonchev–Trinajstić information content (AvgIpc) is 0.776. The maximum absolute atomic E-state index is 2.38. The zero-order valence-corrected chi connectivity index (χ0v) is 72.4. The molecule has 0 radical (unpaired) electrons. The van der Waals surface area contributed by atoms with E-state index in [0.29, 0.717) is 0 Å². The van der Waals surface area contributed by atoms with Gasteiger partial charge in [-0.3, -0.25) is 0 Å². The highest BCUT2D eigenvalue weighted by atomic mass is 15.0. The van der Waals surface area contributed by atoms with E-state index in [1.54, 1.807) is 0 Å². The Kier molecular flexibility index (Phi) is 26.2. The zero-order valence-electron chi connectivity index (χ0n) is 72.4. The Labute approximate surface area is 621 Å². The van der Waals surface area contributed by atoms with Gasteiger partial charge in [-0.25, -0.2) is 9.13 Å². The molecular formula is C97H134N5+5. The Morgan fingerprint density at radius 1 is 0.186 bits per heavy atom. The number of aromatic nitrogens is 5. The number of hydrogen-bond acceptors (Lipinski definition) is 0. The molecule has 0 unspecified atom stereocenters. The number of pyridine rings is 5. The van der Waals surface area contributed by atoms with Crippen molar-refractivity contribution in [2.24, 2.45) is 35.2 Å². The zero-order chi connectivity index (χ0) is 77.7. The lowest BCUT2D eigenvalue weighted by atomic mass is 9.85. The molecular weight excluding hydrogens is 1240 g/mol. The second-order valence-electron chi connectivity index (χ2n) is 31.3. The van der Waals surface area contributed by atoms with Crippen LogP contribution in [0.1, 0.15) is 206 Å². The van der Waals surface area contributed by atoms with Gasteiger partial charge in [0.05, 0.1) is 16.7 Å². The Hall–Kier alpha value is -8.15. The molecule has 0 atom stereocenters. The van der Waals surface area contributed by atoms with Crippen LogP contribution in [0.5, 0.6) is 0 Å². The molecule has 0 saturated heterocycles. The standard InChI is InChI=1S/C21H30N.2C20H28N.C19H26N.C17H22N/c1-11-12(2)16(6)20(17(7)13(11)3)21-18(8)14(4)15(5)19(9)22(21)10;1-11-10-19(16(6)13(3)12(11)2)20-17(7)14(4)15(5)18(8)21(20)9;1-11-10-12(2)19(16(6)13(11)3)20-17(7)14(4)15(5)18(8)21(20)9;1-11-9-12(2)18(16(6)14(11)4)19-17(7)15(5)13(3)10-20(19)8;1-11-7-8-17(18(6)10-11)16-9-12(2)13(3)14(4)15(16)5/h1-10H3;2*10H,1-9H3;9-10H,1-8H3;7-10H,1-6H3/q5*+1. The first kappa shape index (κ1) is 82.8. The molecule has 0 fully saturated rings. The van der Waals surface area contributed by atoms with Crippen molar-refractivity contribution in [1.82, 2.24) is 0 Å². The average molecular weight is 1370 g/mol. The Morgan fingerprint density at radius 2 is 0.461 bits per heavy atom. The van der Waals surface area contributed by atoms with Gasteiger partial charge in [0.1, 0.15) is 35.2 Å². The van der Waals surface area contributed by atoms with Gasteiger partial charge in [-0.05, 0) is 393 Å². The van der Waals surface area contributed by atoms with Gasteiger partial charge in [0.15, 0.2) is 29.5 Å². The SMILES string of the molecule is Cc1c(C)c(C)c(-c2c(C)c(C)c(C)c(C)[n+]2C)c(C)c1C.Cc1cc(-c2c(C)c(C)c(C)c(C)[n+]2C)c(C)c(C)c1C.Cc1cc(C)c(-c2c(C)c(C)c(C)c(C)[n+]2C)c(C)c1C.Cc1cc(C)c(-c2c(C)c(C)c(C)c[n+]2C)c(C)c1C.Cc1ccc(-c2cc(C)c(C)c(C)c2C)[n+](C)c1. The van der Waals surface area contributed by atoms with Gasteiger partial charge in [0, 0.05) is 88.0 Å². The number of benzene rings is 5. The van der Waals surface area contributed by atoms with Gasteiger partial charge in [0.2, 0.25) is 28.5 Å².